The average molecular weight is 376 g/mol. The predicted octanol–water partition coefficient (Wildman–Crippen LogP) is 4.79. The Balaban J connectivity index is 2.34. The van der Waals surface area contributed by atoms with Gasteiger partial charge in [0.25, 0.3) is 0 Å². The molecule has 2 aromatic rings. The number of esters is 1. The maximum atomic E-state index is 12.0. The van der Waals surface area contributed by atoms with Crippen LogP contribution in [0, 0.1) is 6.92 Å². The molecule has 1 aromatic carbocycles. The number of nitrogens with zero attached hydrogens (tertiary/aromatic N) is 1. The second-order valence-corrected chi connectivity index (χ2v) is 6.01. The fourth-order valence-corrected chi connectivity index (χ4v) is 2.93. The number of halogens is 2. The highest BCUT2D eigenvalue weighted by molar-refractivity contribution is 9.10. The zero-order valence-electron chi connectivity index (χ0n) is 10.9. The molecular weight excluding hydrogens is 364 g/mol. The van der Waals surface area contributed by atoms with E-state index in [1.165, 1.54) is 11.5 Å². The molecule has 1 heterocycles. The minimum atomic E-state index is -0.376. The maximum absolute atomic E-state index is 12.0. The molecule has 7 heteroatoms. The van der Waals surface area contributed by atoms with Crippen molar-refractivity contribution in [3.63, 3.8) is 0 Å². The van der Waals surface area contributed by atoms with Gasteiger partial charge in [0.15, 0.2) is 0 Å². The van der Waals surface area contributed by atoms with Crippen molar-refractivity contribution in [1.29, 1.82) is 0 Å². The zero-order valence-corrected chi connectivity index (χ0v) is 14.0. The first-order valence-electron chi connectivity index (χ1n) is 5.88. The minimum absolute atomic E-state index is 0.328. The third-order valence-corrected chi connectivity index (χ3v) is 4.30. The van der Waals surface area contributed by atoms with Gasteiger partial charge >= 0.3 is 5.97 Å². The number of anilines is 2. The summed E-state index contributed by atoms with van der Waals surface area (Å²) >= 11 is 10.6. The first kappa shape index (κ1) is 15.3. The number of ether oxygens (including phenoxy) is 1. The fourth-order valence-electron chi connectivity index (χ4n) is 1.61. The Morgan fingerprint density at radius 1 is 1.55 bits per heavy atom. The Kier molecular flexibility index (Phi) is 5.01. The van der Waals surface area contributed by atoms with Gasteiger partial charge in [-0.2, -0.15) is 4.37 Å². The van der Waals surface area contributed by atoms with Gasteiger partial charge in [0, 0.05) is 9.50 Å². The summed E-state index contributed by atoms with van der Waals surface area (Å²) in [6, 6.07) is 5.39. The summed E-state index contributed by atoms with van der Waals surface area (Å²) in [5.74, 6) is -0.376. The fraction of sp³-hybridized carbons (Fsp3) is 0.231. The van der Waals surface area contributed by atoms with E-state index in [-0.39, 0.29) is 5.97 Å². The molecule has 0 saturated carbocycles. The van der Waals surface area contributed by atoms with Gasteiger partial charge in [-0.1, -0.05) is 11.6 Å². The Hall–Kier alpha value is -1.11. The number of hydrogen-bond acceptors (Lipinski definition) is 5. The first-order valence-corrected chi connectivity index (χ1v) is 7.82. The van der Waals surface area contributed by atoms with Crippen LogP contribution in [0.2, 0.25) is 5.02 Å². The van der Waals surface area contributed by atoms with E-state index < -0.39 is 0 Å². The summed E-state index contributed by atoms with van der Waals surface area (Å²) in [5, 5.41) is 4.41. The smallest absolute Gasteiger partial charge is 0.343 e. The van der Waals surface area contributed by atoms with Crippen LogP contribution in [0.1, 0.15) is 23.0 Å². The van der Waals surface area contributed by atoms with Crippen LogP contribution >= 0.6 is 39.1 Å². The lowest BCUT2D eigenvalue weighted by Gasteiger charge is -2.09. The van der Waals surface area contributed by atoms with Crippen molar-refractivity contribution >= 4 is 55.7 Å². The van der Waals surface area contributed by atoms with Crippen LogP contribution in [0.25, 0.3) is 0 Å². The van der Waals surface area contributed by atoms with E-state index in [1.54, 1.807) is 26.0 Å². The minimum Gasteiger partial charge on any atom is -0.462 e. The standard InChI is InChI=1S/C13H12BrClN2O2S/c1-3-19-13(18)11-7(2)17-20-12(11)16-10-6-8(15)4-5-9(10)14/h4-6,16H,3H2,1-2H3. The van der Waals surface area contributed by atoms with Crippen LogP contribution < -0.4 is 5.32 Å². The van der Waals surface area contributed by atoms with Crippen LogP contribution in [-0.2, 0) is 4.74 Å². The molecule has 0 amide bonds. The summed E-state index contributed by atoms with van der Waals surface area (Å²) in [6.07, 6.45) is 0. The van der Waals surface area contributed by atoms with Crippen molar-refractivity contribution in [1.82, 2.24) is 4.37 Å². The summed E-state index contributed by atoms with van der Waals surface area (Å²) in [4.78, 5) is 12.0. The van der Waals surface area contributed by atoms with Gasteiger partial charge in [0.2, 0.25) is 0 Å². The van der Waals surface area contributed by atoms with Gasteiger partial charge in [0.1, 0.15) is 10.6 Å². The molecule has 0 aliphatic rings. The van der Waals surface area contributed by atoms with Gasteiger partial charge in [0.05, 0.1) is 18.0 Å². The highest BCUT2D eigenvalue weighted by atomic mass is 79.9. The van der Waals surface area contributed by atoms with Crippen molar-refractivity contribution in [2.75, 3.05) is 11.9 Å². The predicted molar refractivity (Wildman–Crippen MR) is 85.2 cm³/mol. The second kappa shape index (κ2) is 6.56. The Morgan fingerprint density at radius 2 is 2.30 bits per heavy atom. The van der Waals surface area contributed by atoms with Crippen molar-refractivity contribution in [2.24, 2.45) is 0 Å². The van der Waals surface area contributed by atoms with Gasteiger partial charge in [-0.25, -0.2) is 4.79 Å². The molecule has 0 radical (unpaired) electrons. The Labute approximate surface area is 134 Å². The summed E-state index contributed by atoms with van der Waals surface area (Å²) in [7, 11) is 0. The van der Waals surface area contributed by atoms with E-state index >= 15 is 0 Å². The first-order chi connectivity index (χ1) is 9.52. The van der Waals surface area contributed by atoms with E-state index in [9.17, 15) is 4.79 Å². The van der Waals surface area contributed by atoms with Crippen molar-refractivity contribution in [2.45, 2.75) is 13.8 Å². The van der Waals surface area contributed by atoms with E-state index in [0.29, 0.717) is 27.9 Å². The maximum Gasteiger partial charge on any atom is 0.343 e. The SMILES string of the molecule is CCOC(=O)c1c(C)nsc1Nc1cc(Cl)ccc1Br. The average Bonchev–Trinajstić information content (AvgIpc) is 2.75. The van der Waals surface area contributed by atoms with Crippen LogP contribution in [0.15, 0.2) is 22.7 Å². The van der Waals surface area contributed by atoms with E-state index in [0.717, 1.165) is 10.2 Å². The van der Waals surface area contributed by atoms with Gasteiger partial charge < -0.3 is 10.1 Å². The zero-order chi connectivity index (χ0) is 14.7. The van der Waals surface area contributed by atoms with Crippen LogP contribution in [0.4, 0.5) is 10.7 Å². The topological polar surface area (TPSA) is 51.2 Å². The number of aromatic nitrogens is 1. The van der Waals surface area contributed by atoms with Crippen LogP contribution in [0.3, 0.4) is 0 Å². The second-order valence-electron chi connectivity index (χ2n) is 3.94. The number of carbonyl (C=O) groups is 1. The highest BCUT2D eigenvalue weighted by Crippen LogP contribution is 2.33. The molecular formula is C13H12BrClN2O2S. The number of aryl methyl sites for hydroxylation is 1. The van der Waals surface area contributed by atoms with Gasteiger partial charge in [-0.05, 0) is 59.5 Å². The number of nitrogens with one attached hydrogen (secondary N) is 1. The molecule has 0 aliphatic heterocycles. The molecule has 0 aliphatic carbocycles. The molecule has 20 heavy (non-hydrogen) atoms. The lowest BCUT2D eigenvalue weighted by molar-refractivity contribution is 0.0527. The molecule has 0 bridgehead atoms. The van der Waals surface area contributed by atoms with Crippen molar-refractivity contribution in [3.05, 3.63) is 39.0 Å². The molecule has 0 fully saturated rings. The Morgan fingerprint density at radius 3 is 3.00 bits per heavy atom. The molecule has 2 rings (SSSR count). The molecule has 4 nitrogen and oxygen atoms in total. The van der Waals surface area contributed by atoms with Crippen LogP contribution in [-0.4, -0.2) is 16.9 Å². The number of carbonyl (C=O) groups excluding carboxylic acids is 1. The Bertz CT molecular complexity index is 645. The third-order valence-electron chi connectivity index (χ3n) is 2.52. The molecule has 0 saturated heterocycles. The van der Waals surface area contributed by atoms with Crippen LogP contribution in [0.5, 0.6) is 0 Å². The molecule has 0 atom stereocenters. The monoisotopic (exact) mass is 374 g/mol. The molecule has 1 N–H and O–H groups in total. The highest BCUT2D eigenvalue weighted by Gasteiger charge is 2.20. The molecule has 0 spiro atoms. The number of hydrogen-bond donors (Lipinski definition) is 1. The molecule has 1 aromatic heterocycles. The largest absolute Gasteiger partial charge is 0.462 e. The number of benzene rings is 1. The molecule has 106 valence electrons. The van der Waals surface area contributed by atoms with Crippen molar-refractivity contribution < 1.29 is 9.53 Å². The normalized spacial score (nSPS) is 10.4. The lowest BCUT2D eigenvalue weighted by Crippen LogP contribution is -2.07. The van der Waals surface area contributed by atoms with Gasteiger partial charge in [-0.3, -0.25) is 0 Å². The summed E-state index contributed by atoms with van der Waals surface area (Å²) < 4.78 is 10.1. The summed E-state index contributed by atoms with van der Waals surface area (Å²) in [6.45, 7) is 3.88. The van der Waals surface area contributed by atoms with Crippen molar-refractivity contribution in [3.8, 4) is 0 Å². The summed E-state index contributed by atoms with van der Waals surface area (Å²) in [5.41, 5.74) is 1.88. The number of rotatable bonds is 4. The quantitative estimate of drug-likeness (QED) is 0.781. The van der Waals surface area contributed by atoms with E-state index in [4.69, 9.17) is 16.3 Å². The lowest BCUT2D eigenvalue weighted by atomic mass is 10.2. The van der Waals surface area contributed by atoms with E-state index in [1.807, 2.05) is 6.07 Å². The third kappa shape index (κ3) is 3.31. The van der Waals surface area contributed by atoms with Gasteiger partial charge in [-0.15, -0.1) is 0 Å². The molecule has 0 unspecified atom stereocenters. The van der Waals surface area contributed by atoms with E-state index in [2.05, 4.69) is 25.6 Å².